The zero-order valence-electron chi connectivity index (χ0n) is 11.8. The van der Waals surface area contributed by atoms with Gasteiger partial charge in [-0.1, -0.05) is 0 Å². The predicted molar refractivity (Wildman–Crippen MR) is 78.0 cm³/mol. The number of ketones is 1. The maximum absolute atomic E-state index is 12.0. The molecular weight excluding hydrogens is 288 g/mol. The van der Waals surface area contributed by atoms with Gasteiger partial charge in [0.15, 0.2) is 23.9 Å². The van der Waals surface area contributed by atoms with Gasteiger partial charge in [0.1, 0.15) is 12.0 Å². The van der Waals surface area contributed by atoms with Crippen LogP contribution in [-0.2, 0) is 0 Å². The van der Waals surface area contributed by atoms with Crippen molar-refractivity contribution in [2.24, 2.45) is 0 Å². The number of benzene rings is 2. The minimum Gasteiger partial charge on any atom is -0.504 e. The molecule has 6 nitrogen and oxygen atoms in total. The summed E-state index contributed by atoms with van der Waals surface area (Å²) in [6.07, 6.45) is 0.478. The van der Waals surface area contributed by atoms with E-state index in [2.05, 4.69) is 0 Å². The Morgan fingerprint density at radius 1 is 1.14 bits per heavy atom. The molecule has 0 aliphatic heterocycles. The van der Waals surface area contributed by atoms with E-state index in [1.54, 1.807) is 24.3 Å². The van der Waals surface area contributed by atoms with Gasteiger partial charge in [-0.3, -0.25) is 9.59 Å². The normalized spacial score (nSPS) is 10.0. The van der Waals surface area contributed by atoms with Crippen molar-refractivity contribution in [2.45, 2.75) is 0 Å². The zero-order valence-corrected chi connectivity index (χ0v) is 11.8. The highest BCUT2D eigenvalue weighted by atomic mass is 16.5. The summed E-state index contributed by atoms with van der Waals surface area (Å²) in [4.78, 5) is 22.6. The van der Waals surface area contributed by atoms with Crippen LogP contribution in [0.2, 0.25) is 0 Å². The second-order valence-corrected chi connectivity index (χ2v) is 4.45. The van der Waals surface area contributed by atoms with E-state index in [1.165, 1.54) is 7.11 Å². The highest BCUT2D eigenvalue weighted by Crippen LogP contribution is 2.36. The van der Waals surface area contributed by atoms with Crippen molar-refractivity contribution in [2.75, 3.05) is 13.7 Å². The van der Waals surface area contributed by atoms with Gasteiger partial charge in [-0.25, -0.2) is 0 Å². The van der Waals surface area contributed by atoms with Gasteiger partial charge in [0, 0.05) is 11.1 Å². The molecule has 0 saturated carbocycles. The number of phenols is 2. The molecule has 0 spiro atoms. The summed E-state index contributed by atoms with van der Waals surface area (Å²) in [6.45, 7) is -0.367. The fourth-order valence-electron chi connectivity index (χ4n) is 1.83. The maximum Gasteiger partial charge on any atom is 0.203 e. The minimum atomic E-state index is -0.412. The van der Waals surface area contributed by atoms with Crippen molar-refractivity contribution < 1.29 is 29.3 Å². The van der Waals surface area contributed by atoms with E-state index in [9.17, 15) is 19.8 Å². The molecule has 0 bridgehead atoms. The van der Waals surface area contributed by atoms with E-state index >= 15 is 0 Å². The molecule has 0 atom stereocenters. The van der Waals surface area contributed by atoms with Crippen LogP contribution in [0.3, 0.4) is 0 Å². The number of phenolic OH excluding ortho intramolecular Hbond substituents is 2. The molecule has 0 heterocycles. The fraction of sp³-hybridized carbons (Fsp3) is 0.125. The number of ether oxygens (including phenoxy) is 2. The van der Waals surface area contributed by atoms with Crippen molar-refractivity contribution in [1.82, 2.24) is 0 Å². The quantitative estimate of drug-likeness (QED) is 0.627. The van der Waals surface area contributed by atoms with Gasteiger partial charge in [-0.05, 0) is 36.4 Å². The average molecular weight is 302 g/mol. The lowest BCUT2D eigenvalue weighted by molar-refractivity contribution is 0.0917. The van der Waals surface area contributed by atoms with Gasteiger partial charge in [0.2, 0.25) is 5.75 Å². The molecule has 0 aliphatic rings. The van der Waals surface area contributed by atoms with Gasteiger partial charge in [-0.2, -0.15) is 0 Å². The van der Waals surface area contributed by atoms with E-state index in [1.807, 2.05) is 0 Å². The molecule has 0 aliphatic carbocycles. The molecule has 6 heteroatoms. The van der Waals surface area contributed by atoms with E-state index in [0.29, 0.717) is 17.6 Å². The molecule has 0 aromatic heterocycles. The Kier molecular flexibility index (Phi) is 4.63. The second-order valence-electron chi connectivity index (χ2n) is 4.45. The number of aromatic hydroxyl groups is 2. The zero-order chi connectivity index (χ0) is 16.1. The van der Waals surface area contributed by atoms with Crippen LogP contribution in [0.1, 0.15) is 20.7 Å². The van der Waals surface area contributed by atoms with E-state index in [0.717, 1.165) is 12.1 Å². The molecule has 2 N–H and O–H groups in total. The molecule has 0 saturated heterocycles. The maximum atomic E-state index is 12.0. The molecule has 0 amide bonds. The van der Waals surface area contributed by atoms with Gasteiger partial charge < -0.3 is 19.7 Å². The standard InChI is InChI=1S/C16H14O6/c1-21-12-4-2-11(3-5-12)15(20)9-22-16-13(18)6-10(8-17)7-14(16)19/h2-8,18-19H,9H2,1H3. The number of methoxy groups -OCH3 is 1. The van der Waals surface area contributed by atoms with Crippen molar-refractivity contribution in [3.8, 4) is 23.0 Å². The van der Waals surface area contributed by atoms with Crippen LogP contribution in [-0.4, -0.2) is 36.0 Å². The van der Waals surface area contributed by atoms with Gasteiger partial charge >= 0.3 is 0 Å². The lowest BCUT2D eigenvalue weighted by Crippen LogP contribution is -2.11. The monoisotopic (exact) mass is 302 g/mol. The number of aldehydes is 1. The van der Waals surface area contributed by atoms with Crippen LogP contribution >= 0.6 is 0 Å². The molecular formula is C16H14O6. The third-order valence-electron chi connectivity index (χ3n) is 2.97. The van der Waals surface area contributed by atoms with Crippen LogP contribution in [0.25, 0.3) is 0 Å². The molecule has 22 heavy (non-hydrogen) atoms. The molecule has 114 valence electrons. The minimum absolute atomic E-state index is 0.101. The fourth-order valence-corrected chi connectivity index (χ4v) is 1.83. The number of carbonyl (C=O) groups excluding carboxylic acids is 2. The number of Topliss-reactive ketones (excluding diaryl/α,β-unsaturated/α-hetero) is 1. The SMILES string of the molecule is COc1ccc(C(=O)COc2c(O)cc(C=O)cc2O)cc1. The van der Waals surface area contributed by atoms with Crippen LogP contribution in [0, 0.1) is 0 Å². The first-order valence-electron chi connectivity index (χ1n) is 6.36. The summed E-state index contributed by atoms with van der Waals surface area (Å²) in [5, 5.41) is 19.4. The van der Waals surface area contributed by atoms with Crippen molar-refractivity contribution in [3.05, 3.63) is 47.5 Å². The summed E-state index contributed by atoms with van der Waals surface area (Å²) in [5.74, 6) is -0.778. The van der Waals surface area contributed by atoms with Crippen LogP contribution < -0.4 is 9.47 Å². The first-order valence-corrected chi connectivity index (χ1v) is 6.36. The molecule has 0 radical (unpaired) electrons. The summed E-state index contributed by atoms with van der Waals surface area (Å²) in [5.41, 5.74) is 0.508. The Hall–Kier alpha value is -3.02. The number of rotatable bonds is 6. The first-order chi connectivity index (χ1) is 10.5. The summed E-state index contributed by atoms with van der Waals surface area (Å²) >= 11 is 0. The van der Waals surface area contributed by atoms with Crippen LogP contribution in [0.15, 0.2) is 36.4 Å². The smallest absolute Gasteiger partial charge is 0.203 e. The van der Waals surface area contributed by atoms with E-state index in [-0.39, 0.29) is 23.7 Å². The number of carbonyl (C=O) groups is 2. The van der Waals surface area contributed by atoms with Crippen molar-refractivity contribution in [1.29, 1.82) is 0 Å². The Labute approximate surface area is 126 Å². The topological polar surface area (TPSA) is 93.1 Å². The Morgan fingerprint density at radius 2 is 1.73 bits per heavy atom. The third-order valence-corrected chi connectivity index (χ3v) is 2.97. The van der Waals surface area contributed by atoms with Crippen LogP contribution in [0.4, 0.5) is 0 Å². The third kappa shape index (κ3) is 3.35. The van der Waals surface area contributed by atoms with Gasteiger partial charge in [0.05, 0.1) is 7.11 Å². The highest BCUT2D eigenvalue weighted by Gasteiger charge is 2.14. The van der Waals surface area contributed by atoms with Crippen molar-refractivity contribution >= 4 is 12.1 Å². The number of hydrogen-bond donors (Lipinski definition) is 2. The van der Waals surface area contributed by atoms with Crippen LogP contribution in [0.5, 0.6) is 23.0 Å². The average Bonchev–Trinajstić information content (AvgIpc) is 2.53. The molecule has 2 aromatic rings. The lowest BCUT2D eigenvalue weighted by Gasteiger charge is -2.10. The van der Waals surface area contributed by atoms with Gasteiger partial charge in [0.25, 0.3) is 0 Å². The molecule has 0 fully saturated rings. The first kappa shape index (κ1) is 15.4. The predicted octanol–water partition coefficient (Wildman–Crippen LogP) is 2.18. The largest absolute Gasteiger partial charge is 0.504 e. The molecule has 0 unspecified atom stereocenters. The van der Waals surface area contributed by atoms with E-state index < -0.39 is 11.5 Å². The summed E-state index contributed by atoms with van der Waals surface area (Å²) in [6, 6.07) is 8.72. The Balaban J connectivity index is 2.09. The van der Waals surface area contributed by atoms with E-state index in [4.69, 9.17) is 9.47 Å². The molecule has 2 rings (SSSR count). The lowest BCUT2D eigenvalue weighted by atomic mass is 10.1. The van der Waals surface area contributed by atoms with Gasteiger partial charge in [-0.15, -0.1) is 0 Å². The number of hydrogen-bond acceptors (Lipinski definition) is 6. The summed E-state index contributed by atoms with van der Waals surface area (Å²) < 4.78 is 10.1. The van der Waals surface area contributed by atoms with Crippen molar-refractivity contribution in [3.63, 3.8) is 0 Å². The second kappa shape index (κ2) is 6.62. The Morgan fingerprint density at radius 3 is 2.23 bits per heavy atom. The summed E-state index contributed by atoms with van der Waals surface area (Å²) in [7, 11) is 1.52. The highest BCUT2D eigenvalue weighted by molar-refractivity contribution is 5.97. The Bertz CT molecular complexity index is 667. The molecule has 2 aromatic carbocycles.